The van der Waals surface area contributed by atoms with Gasteiger partial charge in [-0.25, -0.2) is 0 Å². The van der Waals surface area contributed by atoms with Gasteiger partial charge in [-0.15, -0.1) is 12.4 Å². The Morgan fingerprint density at radius 2 is 1.94 bits per heavy atom. The molecule has 2 rings (SSSR count). The summed E-state index contributed by atoms with van der Waals surface area (Å²) >= 11 is 3.61. The maximum Gasteiger partial charge on any atom is 0.0242 e. The van der Waals surface area contributed by atoms with Gasteiger partial charge in [0, 0.05) is 17.6 Å². The van der Waals surface area contributed by atoms with Gasteiger partial charge in [0.15, 0.2) is 0 Å². The normalized spacial score (nSPS) is 16.6. The molecule has 0 atom stereocenters. The molecule has 1 aromatic rings. The van der Waals surface area contributed by atoms with Crippen LogP contribution in [0.25, 0.3) is 0 Å². The Morgan fingerprint density at radius 3 is 2.61 bits per heavy atom. The van der Waals surface area contributed by atoms with Gasteiger partial charge in [-0.3, -0.25) is 0 Å². The third-order valence-electron chi connectivity index (χ3n) is 3.43. The molecule has 18 heavy (non-hydrogen) atoms. The van der Waals surface area contributed by atoms with Gasteiger partial charge in [-0.2, -0.15) is 0 Å². The lowest BCUT2D eigenvalue weighted by Gasteiger charge is -2.27. The van der Waals surface area contributed by atoms with Crippen LogP contribution in [0.3, 0.4) is 0 Å². The molecular formula is C14H22BrClN2. The first-order valence-corrected chi connectivity index (χ1v) is 7.17. The number of nitrogens with one attached hydrogen (secondary N) is 1. The fourth-order valence-electron chi connectivity index (χ4n) is 2.49. The van der Waals surface area contributed by atoms with E-state index in [1.807, 2.05) is 0 Å². The highest BCUT2D eigenvalue weighted by Gasteiger charge is 2.15. The zero-order valence-electron chi connectivity index (χ0n) is 10.9. The van der Waals surface area contributed by atoms with Crippen LogP contribution in [0.2, 0.25) is 0 Å². The highest BCUT2D eigenvalue weighted by Crippen LogP contribution is 2.19. The lowest BCUT2D eigenvalue weighted by atomic mass is 9.97. The molecule has 1 aliphatic rings. The predicted molar refractivity (Wildman–Crippen MR) is 83.3 cm³/mol. The predicted octanol–water partition coefficient (Wildman–Crippen LogP) is 3.30. The molecule has 0 spiro atoms. The lowest BCUT2D eigenvalue weighted by molar-refractivity contribution is 0.234. The van der Waals surface area contributed by atoms with Crippen molar-refractivity contribution < 1.29 is 0 Å². The van der Waals surface area contributed by atoms with Gasteiger partial charge in [0.25, 0.3) is 0 Å². The maximum absolute atomic E-state index is 3.61. The molecule has 0 bridgehead atoms. The molecule has 0 saturated carbocycles. The van der Waals surface area contributed by atoms with Crippen molar-refractivity contribution in [2.24, 2.45) is 5.92 Å². The number of nitrogens with zero attached hydrogens (tertiary/aromatic N) is 1. The minimum absolute atomic E-state index is 0. The van der Waals surface area contributed by atoms with Gasteiger partial charge in [0.05, 0.1) is 0 Å². The second-order valence-corrected chi connectivity index (χ2v) is 5.84. The molecule has 1 aliphatic heterocycles. The SMILES string of the molecule is CN(Cc1ccccc1Br)CC1CCNCC1.Cl. The highest BCUT2D eigenvalue weighted by atomic mass is 79.9. The van der Waals surface area contributed by atoms with Gasteiger partial charge >= 0.3 is 0 Å². The van der Waals surface area contributed by atoms with E-state index in [2.05, 4.69) is 57.5 Å². The zero-order chi connectivity index (χ0) is 12.1. The van der Waals surface area contributed by atoms with Gasteiger partial charge in [-0.1, -0.05) is 34.1 Å². The molecule has 1 heterocycles. The van der Waals surface area contributed by atoms with Crippen LogP contribution in [0.5, 0.6) is 0 Å². The quantitative estimate of drug-likeness (QED) is 0.909. The highest BCUT2D eigenvalue weighted by molar-refractivity contribution is 9.10. The molecule has 4 heteroatoms. The summed E-state index contributed by atoms with van der Waals surface area (Å²) in [4.78, 5) is 2.44. The Morgan fingerprint density at radius 1 is 1.28 bits per heavy atom. The van der Waals surface area contributed by atoms with Crippen molar-refractivity contribution in [3.05, 3.63) is 34.3 Å². The van der Waals surface area contributed by atoms with E-state index < -0.39 is 0 Å². The van der Waals surface area contributed by atoms with Crippen LogP contribution in [0.4, 0.5) is 0 Å². The first-order valence-electron chi connectivity index (χ1n) is 6.38. The molecule has 0 aromatic heterocycles. The molecule has 0 amide bonds. The minimum Gasteiger partial charge on any atom is -0.317 e. The molecule has 1 N–H and O–H groups in total. The third-order valence-corrected chi connectivity index (χ3v) is 4.20. The Hall–Kier alpha value is -0.0900. The van der Waals surface area contributed by atoms with Crippen LogP contribution in [0.1, 0.15) is 18.4 Å². The van der Waals surface area contributed by atoms with Crippen LogP contribution < -0.4 is 5.32 Å². The largest absolute Gasteiger partial charge is 0.317 e. The average Bonchev–Trinajstić information content (AvgIpc) is 2.33. The molecular weight excluding hydrogens is 312 g/mol. The summed E-state index contributed by atoms with van der Waals surface area (Å²) < 4.78 is 1.22. The van der Waals surface area contributed by atoms with Crippen molar-refractivity contribution in [2.45, 2.75) is 19.4 Å². The van der Waals surface area contributed by atoms with E-state index in [-0.39, 0.29) is 12.4 Å². The Bertz CT molecular complexity index is 353. The lowest BCUT2D eigenvalue weighted by Crippen LogP contribution is -2.34. The topological polar surface area (TPSA) is 15.3 Å². The van der Waals surface area contributed by atoms with E-state index in [4.69, 9.17) is 0 Å². The Labute approximate surface area is 125 Å². The molecule has 1 saturated heterocycles. The number of hydrogen-bond acceptors (Lipinski definition) is 2. The van der Waals surface area contributed by atoms with Crippen LogP contribution in [0.15, 0.2) is 28.7 Å². The van der Waals surface area contributed by atoms with Crippen molar-refractivity contribution in [1.82, 2.24) is 10.2 Å². The van der Waals surface area contributed by atoms with Crippen molar-refractivity contribution in [1.29, 1.82) is 0 Å². The average molecular weight is 334 g/mol. The summed E-state index contributed by atoms with van der Waals surface area (Å²) in [6.45, 7) is 4.62. The molecule has 0 radical (unpaired) electrons. The Balaban J connectivity index is 0.00000162. The molecule has 0 aliphatic carbocycles. The van der Waals surface area contributed by atoms with Crippen molar-refractivity contribution >= 4 is 28.3 Å². The molecule has 1 aromatic carbocycles. The molecule has 2 nitrogen and oxygen atoms in total. The van der Waals surface area contributed by atoms with E-state index in [0.29, 0.717) is 0 Å². The first kappa shape index (κ1) is 16.0. The smallest absolute Gasteiger partial charge is 0.0242 e. The van der Waals surface area contributed by atoms with Crippen molar-refractivity contribution in [2.75, 3.05) is 26.7 Å². The summed E-state index contributed by atoms with van der Waals surface area (Å²) in [5.41, 5.74) is 1.38. The molecule has 1 fully saturated rings. The van der Waals surface area contributed by atoms with Gasteiger partial charge in [0.2, 0.25) is 0 Å². The second-order valence-electron chi connectivity index (χ2n) is 4.98. The van der Waals surface area contributed by atoms with Crippen molar-refractivity contribution in [3.63, 3.8) is 0 Å². The summed E-state index contributed by atoms with van der Waals surface area (Å²) in [5.74, 6) is 0.865. The number of halogens is 2. The standard InChI is InChI=1S/C14H21BrN2.ClH/c1-17(10-12-6-8-16-9-7-12)11-13-4-2-3-5-14(13)15;/h2-5,12,16H,6-11H2,1H3;1H. The van der Waals surface area contributed by atoms with Crippen LogP contribution in [-0.2, 0) is 6.54 Å². The first-order chi connectivity index (χ1) is 8.25. The monoisotopic (exact) mass is 332 g/mol. The summed E-state index contributed by atoms with van der Waals surface area (Å²) in [5, 5.41) is 3.42. The van der Waals surface area contributed by atoms with Crippen LogP contribution in [-0.4, -0.2) is 31.6 Å². The fourth-order valence-corrected chi connectivity index (χ4v) is 2.90. The van der Waals surface area contributed by atoms with E-state index in [1.54, 1.807) is 0 Å². The summed E-state index contributed by atoms with van der Waals surface area (Å²) in [7, 11) is 2.22. The van der Waals surface area contributed by atoms with E-state index in [9.17, 15) is 0 Å². The number of piperidine rings is 1. The fraction of sp³-hybridized carbons (Fsp3) is 0.571. The minimum atomic E-state index is 0. The summed E-state index contributed by atoms with van der Waals surface area (Å²) in [6, 6.07) is 8.50. The third kappa shape index (κ3) is 4.88. The van der Waals surface area contributed by atoms with Gasteiger partial charge in [-0.05, 0) is 50.5 Å². The number of benzene rings is 1. The second kappa shape index (κ2) is 8.16. The van der Waals surface area contributed by atoms with Gasteiger partial charge < -0.3 is 10.2 Å². The van der Waals surface area contributed by atoms with Gasteiger partial charge in [0.1, 0.15) is 0 Å². The zero-order valence-corrected chi connectivity index (χ0v) is 13.3. The van der Waals surface area contributed by atoms with E-state index in [0.717, 1.165) is 12.5 Å². The van der Waals surface area contributed by atoms with Crippen LogP contribution >= 0.6 is 28.3 Å². The van der Waals surface area contributed by atoms with Crippen LogP contribution in [0, 0.1) is 5.92 Å². The molecule has 0 unspecified atom stereocenters. The Kier molecular flexibility index (Phi) is 7.23. The number of hydrogen-bond donors (Lipinski definition) is 1. The maximum atomic E-state index is 3.61. The molecule has 102 valence electrons. The summed E-state index contributed by atoms with van der Waals surface area (Å²) in [6.07, 6.45) is 2.64. The van der Waals surface area contributed by atoms with E-state index in [1.165, 1.54) is 42.5 Å². The van der Waals surface area contributed by atoms with Crippen molar-refractivity contribution in [3.8, 4) is 0 Å². The van der Waals surface area contributed by atoms with E-state index >= 15 is 0 Å². The number of rotatable bonds is 4.